The molecule has 0 aliphatic heterocycles. The second kappa shape index (κ2) is 18.1. The number of rotatable bonds is 10. The van der Waals surface area contributed by atoms with Crippen molar-refractivity contribution in [2.24, 2.45) is 0 Å². The molecule has 0 saturated carbocycles. The molecule has 0 amide bonds. The maximum atomic E-state index is 14.4. The van der Waals surface area contributed by atoms with Crippen molar-refractivity contribution < 1.29 is 48.6 Å². The average Bonchev–Trinajstić information content (AvgIpc) is 3.07. The summed E-state index contributed by atoms with van der Waals surface area (Å²) in [4.78, 5) is 13.4. The number of benzene rings is 3. The number of halogens is 8. The lowest BCUT2D eigenvalue weighted by molar-refractivity contribution is 0.391. The van der Waals surface area contributed by atoms with Crippen LogP contribution < -0.4 is 18.5 Å². The van der Waals surface area contributed by atoms with E-state index in [1.807, 2.05) is 4.72 Å². The number of nitrogens with zero attached hydrogens (tertiary/aromatic N) is 5. The Kier molecular flexibility index (Phi) is 15.1. The standard InChI is InChI=1S/C19H16ClF2N3O4S.C10H6ClF2N3O2S.ClH.FH/c1-28-13-4-3-12(17(7-13)29-2)10-25(19-5-6-23-11-24-19)30(26,27)18-8-14(20)15(21)9-16(18)22;11-6-3-9(8(13)4-7(6)12)19(17,18)16-10-1-2-14-5-15-10;;/h3-9,11H,10H2,1-2H3;1-5H,(H,14,15,16);2*1H. The van der Waals surface area contributed by atoms with Gasteiger partial charge in [-0.1, -0.05) is 23.2 Å². The summed E-state index contributed by atoms with van der Waals surface area (Å²) in [6, 6.07) is 9.66. The highest BCUT2D eigenvalue weighted by Crippen LogP contribution is 2.32. The fourth-order valence-corrected chi connectivity index (χ4v) is 6.96. The molecule has 51 heavy (non-hydrogen) atoms. The van der Waals surface area contributed by atoms with Crippen molar-refractivity contribution in [1.29, 1.82) is 0 Å². The number of hydrogen-bond acceptors (Lipinski definition) is 10. The first-order chi connectivity index (χ1) is 23.2. The normalized spacial score (nSPS) is 10.8. The molecule has 0 saturated heterocycles. The Morgan fingerprint density at radius 3 is 1.84 bits per heavy atom. The van der Waals surface area contributed by atoms with Crippen LogP contribution >= 0.6 is 35.6 Å². The summed E-state index contributed by atoms with van der Waals surface area (Å²) in [6.07, 6.45) is 4.91. The van der Waals surface area contributed by atoms with E-state index in [1.165, 1.54) is 38.7 Å². The van der Waals surface area contributed by atoms with Crippen LogP contribution in [0, 0.1) is 23.3 Å². The van der Waals surface area contributed by atoms with Crippen molar-refractivity contribution in [3.8, 4) is 11.5 Å². The molecule has 5 aromatic rings. The van der Waals surface area contributed by atoms with Gasteiger partial charge in [-0.15, -0.1) is 12.4 Å². The van der Waals surface area contributed by atoms with Crippen molar-refractivity contribution in [1.82, 2.24) is 19.9 Å². The molecule has 0 aliphatic rings. The van der Waals surface area contributed by atoms with Crippen LogP contribution in [0.15, 0.2) is 89.4 Å². The van der Waals surface area contributed by atoms with Crippen LogP contribution in [-0.4, -0.2) is 51.0 Å². The smallest absolute Gasteiger partial charge is 0.268 e. The monoisotopic (exact) mass is 816 g/mol. The Morgan fingerprint density at radius 1 is 0.745 bits per heavy atom. The summed E-state index contributed by atoms with van der Waals surface area (Å²) < 4.78 is 118. The number of aromatic nitrogens is 4. The molecular weight excluding hydrogens is 794 g/mol. The van der Waals surface area contributed by atoms with E-state index in [2.05, 4.69) is 19.9 Å². The van der Waals surface area contributed by atoms with Crippen LogP contribution in [-0.2, 0) is 26.6 Å². The van der Waals surface area contributed by atoms with E-state index in [1.54, 1.807) is 18.2 Å². The van der Waals surface area contributed by atoms with E-state index >= 15 is 0 Å². The molecule has 2 heterocycles. The Morgan fingerprint density at radius 2 is 1.31 bits per heavy atom. The molecule has 1 N–H and O–H groups in total. The number of sulfonamides is 2. The van der Waals surface area contributed by atoms with Gasteiger partial charge in [0.05, 0.1) is 30.8 Å². The molecule has 0 aliphatic carbocycles. The van der Waals surface area contributed by atoms with E-state index in [9.17, 15) is 34.4 Å². The highest BCUT2D eigenvalue weighted by Gasteiger charge is 2.31. The third kappa shape index (κ3) is 10.3. The fourth-order valence-electron chi connectivity index (χ4n) is 3.93. The highest BCUT2D eigenvalue weighted by molar-refractivity contribution is 7.93. The predicted octanol–water partition coefficient (Wildman–Crippen LogP) is 6.60. The minimum atomic E-state index is -4.53. The largest absolute Gasteiger partial charge is 0.497 e. The van der Waals surface area contributed by atoms with Gasteiger partial charge in [0.15, 0.2) is 0 Å². The summed E-state index contributed by atoms with van der Waals surface area (Å²) in [6.45, 7) is -0.263. The third-order valence-corrected chi connectivity index (χ3v) is 9.97. The first-order valence-corrected chi connectivity index (χ1v) is 16.9. The molecular formula is C29H24Cl3F5N6O6S2. The predicted molar refractivity (Wildman–Crippen MR) is 180 cm³/mol. The van der Waals surface area contributed by atoms with Crippen molar-refractivity contribution >= 4 is 67.3 Å². The van der Waals surface area contributed by atoms with Gasteiger partial charge in [-0.3, -0.25) is 9.43 Å². The van der Waals surface area contributed by atoms with E-state index in [0.29, 0.717) is 35.3 Å². The summed E-state index contributed by atoms with van der Waals surface area (Å²) in [5.41, 5.74) is 0.453. The molecule has 22 heteroatoms. The number of nitrogens with one attached hydrogen (secondary N) is 1. The maximum Gasteiger partial charge on any atom is 0.268 e. The van der Waals surface area contributed by atoms with Gasteiger partial charge in [0, 0.05) is 42.2 Å². The van der Waals surface area contributed by atoms with Gasteiger partial charge in [-0.2, -0.15) is 0 Å². The Hall–Kier alpha value is -4.56. The zero-order chi connectivity index (χ0) is 35.9. The molecule has 0 bridgehead atoms. The van der Waals surface area contributed by atoms with E-state index in [-0.39, 0.29) is 35.3 Å². The van der Waals surface area contributed by atoms with Gasteiger partial charge in [0.25, 0.3) is 20.0 Å². The lowest BCUT2D eigenvalue weighted by atomic mass is 10.2. The van der Waals surface area contributed by atoms with Crippen LogP contribution in [0.3, 0.4) is 0 Å². The minimum Gasteiger partial charge on any atom is -0.497 e. The van der Waals surface area contributed by atoms with Gasteiger partial charge < -0.3 is 9.47 Å². The molecule has 0 fully saturated rings. The summed E-state index contributed by atoms with van der Waals surface area (Å²) >= 11 is 11.1. The van der Waals surface area contributed by atoms with Crippen molar-refractivity contribution in [3.63, 3.8) is 0 Å². The first-order valence-electron chi connectivity index (χ1n) is 13.3. The van der Waals surface area contributed by atoms with E-state index in [0.717, 1.165) is 23.0 Å². The molecule has 12 nitrogen and oxygen atoms in total. The number of hydrogen-bond donors (Lipinski definition) is 1. The van der Waals surface area contributed by atoms with Crippen molar-refractivity contribution in [2.75, 3.05) is 23.2 Å². The summed E-state index contributed by atoms with van der Waals surface area (Å²) in [7, 11) is -5.89. The van der Waals surface area contributed by atoms with Crippen LogP contribution in [0.5, 0.6) is 11.5 Å². The quantitative estimate of drug-likeness (QED) is 0.120. The molecule has 274 valence electrons. The highest BCUT2D eigenvalue weighted by atomic mass is 35.5. The topological polar surface area (TPSA) is 154 Å². The van der Waals surface area contributed by atoms with Crippen LogP contribution in [0.4, 0.5) is 33.9 Å². The molecule has 0 atom stereocenters. The molecule has 0 unspecified atom stereocenters. The number of ether oxygens (including phenoxy) is 2. The van der Waals surface area contributed by atoms with Gasteiger partial charge in [-0.05, 0) is 30.3 Å². The second-order valence-electron chi connectivity index (χ2n) is 9.35. The number of methoxy groups -OCH3 is 2. The zero-order valence-electron chi connectivity index (χ0n) is 25.8. The SMILES string of the molecule is COc1ccc(CN(c2ccncn2)S(=O)(=O)c2cc(Cl)c(F)cc2F)c(OC)c1.Cl.F.O=S(=O)(Nc1ccncn1)c1cc(Cl)c(F)cc1F. The molecule has 3 aromatic carbocycles. The second-order valence-corrected chi connectivity index (χ2v) is 13.6. The van der Waals surface area contributed by atoms with Crippen LogP contribution in [0.2, 0.25) is 10.0 Å². The Balaban J connectivity index is 0.000000372. The van der Waals surface area contributed by atoms with E-state index < -0.39 is 63.2 Å². The zero-order valence-corrected chi connectivity index (χ0v) is 29.8. The average molecular weight is 818 g/mol. The minimum absolute atomic E-state index is 0. The van der Waals surface area contributed by atoms with E-state index in [4.69, 9.17) is 32.7 Å². The van der Waals surface area contributed by atoms with Gasteiger partial charge >= 0.3 is 0 Å². The van der Waals surface area contributed by atoms with Gasteiger partial charge in [0.2, 0.25) is 0 Å². The lowest BCUT2D eigenvalue weighted by Crippen LogP contribution is -2.32. The molecule has 0 radical (unpaired) electrons. The summed E-state index contributed by atoms with van der Waals surface area (Å²) in [5.74, 6) is -3.86. The maximum absolute atomic E-state index is 14.4. The van der Waals surface area contributed by atoms with Crippen LogP contribution in [0.25, 0.3) is 0 Å². The molecule has 2 aromatic heterocycles. The van der Waals surface area contributed by atoms with Crippen molar-refractivity contribution in [3.05, 3.63) is 119 Å². The van der Waals surface area contributed by atoms with Gasteiger partial charge in [-0.25, -0.2) is 58.6 Å². The lowest BCUT2D eigenvalue weighted by Gasteiger charge is -2.24. The van der Waals surface area contributed by atoms with Crippen LogP contribution in [0.1, 0.15) is 5.56 Å². The van der Waals surface area contributed by atoms with Gasteiger partial charge in [0.1, 0.15) is 68.8 Å². The Bertz CT molecular complexity index is 2180. The number of anilines is 2. The third-order valence-electron chi connectivity index (χ3n) is 6.26. The molecule has 0 spiro atoms. The summed E-state index contributed by atoms with van der Waals surface area (Å²) in [5, 5.41) is -1.02. The fraction of sp³-hybridized carbons (Fsp3) is 0.103. The molecule has 5 rings (SSSR count). The van der Waals surface area contributed by atoms with Crippen molar-refractivity contribution in [2.45, 2.75) is 16.3 Å². The first kappa shape index (κ1) is 42.6. The Labute approximate surface area is 304 Å².